The Morgan fingerprint density at radius 1 is 0.941 bits per heavy atom. The van der Waals surface area contributed by atoms with Crippen LogP contribution >= 0.6 is 0 Å². The van der Waals surface area contributed by atoms with Gasteiger partial charge in [0, 0.05) is 29.9 Å². The highest BCUT2D eigenvalue weighted by molar-refractivity contribution is 6.05. The maximum absolute atomic E-state index is 13.0. The van der Waals surface area contributed by atoms with E-state index in [9.17, 15) is 14.4 Å². The fourth-order valence-corrected chi connectivity index (χ4v) is 4.90. The van der Waals surface area contributed by atoms with Crippen molar-refractivity contribution in [2.45, 2.75) is 64.5 Å². The highest BCUT2D eigenvalue weighted by Gasteiger charge is 2.25. The van der Waals surface area contributed by atoms with Crippen LogP contribution in [0.1, 0.15) is 72.2 Å². The molecule has 0 spiro atoms. The van der Waals surface area contributed by atoms with Crippen LogP contribution in [0.2, 0.25) is 0 Å². The molecule has 34 heavy (non-hydrogen) atoms. The zero-order valence-electron chi connectivity index (χ0n) is 20.0. The molecule has 7 nitrogen and oxygen atoms in total. The molecular formula is C27H34N4O3. The Balaban J connectivity index is 1.46. The van der Waals surface area contributed by atoms with E-state index in [2.05, 4.69) is 16.0 Å². The average Bonchev–Trinajstić information content (AvgIpc) is 3.31. The second-order valence-electron chi connectivity index (χ2n) is 9.51. The molecule has 0 radical (unpaired) electrons. The van der Waals surface area contributed by atoms with Crippen LogP contribution in [-0.4, -0.2) is 42.9 Å². The summed E-state index contributed by atoms with van der Waals surface area (Å²) in [5.41, 5.74) is 3.58. The first-order valence-electron chi connectivity index (χ1n) is 12.3. The number of hydrogen-bond acceptors (Lipinski definition) is 4. The number of rotatable bonds is 7. The van der Waals surface area contributed by atoms with E-state index >= 15 is 0 Å². The number of carbonyl (C=O) groups is 3. The summed E-state index contributed by atoms with van der Waals surface area (Å²) in [5.74, 6) is -0.418. The molecule has 1 fully saturated rings. The molecule has 0 atom stereocenters. The van der Waals surface area contributed by atoms with Crippen molar-refractivity contribution in [2.75, 3.05) is 23.3 Å². The fourth-order valence-electron chi connectivity index (χ4n) is 4.90. The molecular weight excluding hydrogens is 428 g/mol. The van der Waals surface area contributed by atoms with Crippen molar-refractivity contribution in [3.63, 3.8) is 0 Å². The summed E-state index contributed by atoms with van der Waals surface area (Å²) in [7, 11) is 0. The summed E-state index contributed by atoms with van der Waals surface area (Å²) in [4.78, 5) is 40.5. The van der Waals surface area contributed by atoms with Gasteiger partial charge in [0.2, 0.25) is 5.91 Å². The number of hydrogen-bond donors (Lipinski definition) is 3. The Morgan fingerprint density at radius 3 is 2.44 bits per heavy atom. The molecule has 0 aromatic heterocycles. The number of para-hydroxylation sites is 1. The molecule has 2 aromatic carbocycles. The molecule has 2 aliphatic rings. The maximum atomic E-state index is 13.0. The van der Waals surface area contributed by atoms with Crippen molar-refractivity contribution in [1.29, 1.82) is 0 Å². The van der Waals surface area contributed by atoms with Gasteiger partial charge in [0.25, 0.3) is 11.8 Å². The van der Waals surface area contributed by atoms with Crippen LogP contribution in [0.15, 0.2) is 42.5 Å². The quantitative estimate of drug-likeness (QED) is 0.582. The Kier molecular flexibility index (Phi) is 7.50. The van der Waals surface area contributed by atoms with Gasteiger partial charge in [-0.1, -0.05) is 31.0 Å². The predicted molar refractivity (Wildman–Crippen MR) is 134 cm³/mol. The zero-order valence-corrected chi connectivity index (χ0v) is 20.0. The van der Waals surface area contributed by atoms with E-state index in [-0.39, 0.29) is 36.3 Å². The van der Waals surface area contributed by atoms with Crippen molar-refractivity contribution < 1.29 is 14.4 Å². The molecule has 1 aliphatic carbocycles. The lowest BCUT2D eigenvalue weighted by Gasteiger charge is -2.32. The molecule has 1 heterocycles. The van der Waals surface area contributed by atoms with Crippen LogP contribution in [0.25, 0.3) is 0 Å². The molecule has 2 aromatic rings. The van der Waals surface area contributed by atoms with Gasteiger partial charge in [-0.3, -0.25) is 14.4 Å². The third-order valence-corrected chi connectivity index (χ3v) is 6.48. The van der Waals surface area contributed by atoms with Crippen LogP contribution in [0.3, 0.4) is 0 Å². The number of nitrogens with one attached hydrogen (secondary N) is 3. The Morgan fingerprint density at radius 2 is 1.68 bits per heavy atom. The Bertz CT molecular complexity index is 1060. The van der Waals surface area contributed by atoms with Crippen molar-refractivity contribution in [1.82, 2.24) is 10.6 Å². The highest BCUT2D eigenvalue weighted by Crippen LogP contribution is 2.30. The van der Waals surface area contributed by atoms with Gasteiger partial charge in [0.1, 0.15) is 0 Å². The van der Waals surface area contributed by atoms with Gasteiger partial charge in [0.05, 0.1) is 17.8 Å². The number of fused-ring (bicyclic) bond motifs is 1. The number of benzene rings is 2. The van der Waals surface area contributed by atoms with Gasteiger partial charge in [-0.25, -0.2) is 0 Å². The summed E-state index contributed by atoms with van der Waals surface area (Å²) in [6.07, 6.45) is 5.96. The van der Waals surface area contributed by atoms with Gasteiger partial charge in [-0.15, -0.1) is 0 Å². The van der Waals surface area contributed by atoms with E-state index in [0.29, 0.717) is 16.8 Å². The summed E-state index contributed by atoms with van der Waals surface area (Å²) in [5, 5.41) is 9.00. The smallest absolute Gasteiger partial charge is 0.253 e. The summed E-state index contributed by atoms with van der Waals surface area (Å²) < 4.78 is 0. The van der Waals surface area contributed by atoms with Gasteiger partial charge in [-0.2, -0.15) is 0 Å². The minimum absolute atomic E-state index is 0.0553. The first-order valence-corrected chi connectivity index (χ1v) is 12.3. The third kappa shape index (κ3) is 5.58. The maximum Gasteiger partial charge on any atom is 0.253 e. The summed E-state index contributed by atoms with van der Waals surface area (Å²) in [6.45, 7) is 4.77. The predicted octanol–water partition coefficient (Wildman–Crippen LogP) is 3.89. The van der Waals surface area contributed by atoms with Crippen LogP contribution in [0, 0.1) is 0 Å². The number of amides is 3. The number of anilines is 2. The largest absolute Gasteiger partial charge is 0.362 e. The zero-order chi connectivity index (χ0) is 24.1. The lowest BCUT2D eigenvalue weighted by atomic mass is 9.95. The van der Waals surface area contributed by atoms with Crippen molar-refractivity contribution in [3.8, 4) is 0 Å². The topological polar surface area (TPSA) is 90.5 Å². The van der Waals surface area contributed by atoms with Crippen molar-refractivity contribution in [3.05, 3.63) is 59.2 Å². The van der Waals surface area contributed by atoms with Gasteiger partial charge >= 0.3 is 0 Å². The van der Waals surface area contributed by atoms with E-state index in [1.807, 2.05) is 49.1 Å². The van der Waals surface area contributed by atoms with Crippen molar-refractivity contribution in [2.24, 2.45) is 0 Å². The minimum atomic E-state index is -0.189. The van der Waals surface area contributed by atoms with Crippen LogP contribution < -0.4 is 20.9 Å². The van der Waals surface area contributed by atoms with Crippen LogP contribution in [0.4, 0.5) is 11.4 Å². The molecule has 4 rings (SSSR count). The normalized spacial score (nSPS) is 15.7. The average molecular weight is 463 g/mol. The second-order valence-corrected chi connectivity index (χ2v) is 9.51. The van der Waals surface area contributed by atoms with E-state index < -0.39 is 0 Å². The second kappa shape index (κ2) is 10.7. The minimum Gasteiger partial charge on any atom is -0.362 e. The highest BCUT2D eigenvalue weighted by atomic mass is 16.2. The van der Waals surface area contributed by atoms with Crippen molar-refractivity contribution >= 4 is 29.1 Å². The molecule has 0 saturated heterocycles. The molecule has 0 unspecified atom stereocenters. The van der Waals surface area contributed by atoms with Gasteiger partial charge in [-0.05, 0) is 69.4 Å². The molecule has 3 amide bonds. The molecule has 3 N–H and O–H groups in total. The van der Waals surface area contributed by atoms with E-state index in [4.69, 9.17) is 0 Å². The molecule has 180 valence electrons. The van der Waals surface area contributed by atoms with Gasteiger partial charge < -0.3 is 20.9 Å². The lowest BCUT2D eigenvalue weighted by molar-refractivity contribution is -0.115. The monoisotopic (exact) mass is 462 g/mol. The number of carbonyl (C=O) groups excluding carboxylic acids is 3. The van der Waals surface area contributed by atoms with E-state index in [1.165, 1.54) is 0 Å². The van der Waals surface area contributed by atoms with E-state index in [0.717, 1.165) is 56.3 Å². The number of nitrogens with zero attached hydrogens (tertiary/aromatic N) is 1. The fraction of sp³-hybridized carbons (Fsp3) is 0.444. The molecule has 7 heteroatoms. The Labute approximate surface area is 201 Å². The third-order valence-electron chi connectivity index (χ3n) is 6.48. The first kappa shape index (κ1) is 23.8. The first-order chi connectivity index (χ1) is 16.4. The van der Waals surface area contributed by atoms with Gasteiger partial charge in [0.15, 0.2) is 0 Å². The Hall–Kier alpha value is -3.35. The molecule has 1 saturated carbocycles. The summed E-state index contributed by atoms with van der Waals surface area (Å²) >= 11 is 0. The molecule has 1 aliphatic heterocycles. The van der Waals surface area contributed by atoms with Crippen LogP contribution in [0.5, 0.6) is 0 Å². The molecule has 0 bridgehead atoms. The lowest BCUT2D eigenvalue weighted by Crippen LogP contribution is -2.38. The van der Waals surface area contributed by atoms with Crippen LogP contribution in [-0.2, 0) is 11.2 Å². The summed E-state index contributed by atoms with van der Waals surface area (Å²) in [6, 6.07) is 13.1. The SMILES string of the molecule is CC(C)NC(=O)c1cccc2c1CCCN2CC(=O)Nc1ccccc1C(=O)NC1CCCC1. The van der Waals surface area contributed by atoms with E-state index in [1.54, 1.807) is 12.1 Å². The standard InChI is InChI=1S/C27H34N4O3/c1-18(2)28-26(33)21-12-7-15-24-20(21)13-8-16-31(24)17-25(32)30-23-14-6-5-11-22(23)27(34)29-19-9-3-4-10-19/h5-7,11-12,14-15,18-19H,3-4,8-10,13,16-17H2,1-2H3,(H,28,33)(H,29,34)(H,30,32).